The van der Waals surface area contributed by atoms with Gasteiger partial charge in [0.1, 0.15) is 5.75 Å². The highest BCUT2D eigenvalue weighted by Gasteiger charge is 2.02. The SMILES string of the molecule is CC.COc1ccc(Cc2ccccc2)c(N)c1. The van der Waals surface area contributed by atoms with Crippen LogP contribution in [-0.4, -0.2) is 7.11 Å². The summed E-state index contributed by atoms with van der Waals surface area (Å²) in [5.41, 5.74) is 9.14. The van der Waals surface area contributed by atoms with Crippen LogP contribution >= 0.6 is 0 Å². The maximum atomic E-state index is 5.96. The summed E-state index contributed by atoms with van der Waals surface area (Å²) in [6.07, 6.45) is 0.858. The monoisotopic (exact) mass is 243 g/mol. The minimum Gasteiger partial charge on any atom is -0.497 e. The molecule has 0 saturated heterocycles. The van der Waals surface area contributed by atoms with E-state index in [9.17, 15) is 0 Å². The number of benzene rings is 2. The van der Waals surface area contributed by atoms with Gasteiger partial charge in [0.05, 0.1) is 7.11 Å². The third-order valence-corrected chi connectivity index (χ3v) is 2.59. The molecule has 0 fully saturated rings. The summed E-state index contributed by atoms with van der Waals surface area (Å²) in [5.74, 6) is 0.800. The highest BCUT2D eigenvalue weighted by atomic mass is 16.5. The van der Waals surface area contributed by atoms with E-state index in [-0.39, 0.29) is 0 Å². The molecule has 2 heteroatoms. The van der Waals surface area contributed by atoms with Crippen LogP contribution < -0.4 is 10.5 Å². The lowest BCUT2D eigenvalue weighted by Crippen LogP contribution is -1.96. The maximum absolute atomic E-state index is 5.96. The Bertz CT molecular complexity index is 466. The van der Waals surface area contributed by atoms with Crippen LogP contribution in [0.2, 0.25) is 0 Å². The predicted octanol–water partition coefficient (Wildman–Crippen LogP) is 3.89. The number of anilines is 1. The lowest BCUT2D eigenvalue weighted by molar-refractivity contribution is 0.415. The number of nitrogen functional groups attached to an aromatic ring is 1. The van der Waals surface area contributed by atoms with Crippen molar-refractivity contribution in [3.8, 4) is 5.75 Å². The molecule has 96 valence electrons. The van der Waals surface area contributed by atoms with Crippen molar-refractivity contribution in [3.05, 3.63) is 59.7 Å². The normalized spacial score (nSPS) is 9.28. The molecule has 0 spiro atoms. The van der Waals surface area contributed by atoms with Crippen molar-refractivity contribution < 1.29 is 4.74 Å². The number of hydrogen-bond acceptors (Lipinski definition) is 2. The van der Waals surface area contributed by atoms with Crippen LogP contribution in [0.4, 0.5) is 5.69 Å². The fourth-order valence-electron chi connectivity index (χ4n) is 1.68. The van der Waals surface area contributed by atoms with Crippen LogP contribution in [0, 0.1) is 0 Å². The van der Waals surface area contributed by atoms with E-state index in [2.05, 4.69) is 12.1 Å². The molecule has 2 nitrogen and oxygen atoms in total. The molecule has 2 rings (SSSR count). The molecule has 0 heterocycles. The van der Waals surface area contributed by atoms with Gasteiger partial charge in [-0.25, -0.2) is 0 Å². The Morgan fingerprint density at radius 2 is 1.67 bits per heavy atom. The summed E-state index contributed by atoms with van der Waals surface area (Å²) in [6, 6.07) is 16.1. The zero-order valence-electron chi connectivity index (χ0n) is 11.3. The summed E-state index contributed by atoms with van der Waals surface area (Å²) in [7, 11) is 1.64. The van der Waals surface area contributed by atoms with Gasteiger partial charge in [-0.05, 0) is 23.6 Å². The molecule has 0 aromatic heterocycles. The zero-order chi connectivity index (χ0) is 13.4. The third kappa shape index (κ3) is 3.81. The van der Waals surface area contributed by atoms with Gasteiger partial charge < -0.3 is 10.5 Å². The van der Waals surface area contributed by atoms with E-state index < -0.39 is 0 Å². The number of ether oxygens (including phenoxy) is 1. The van der Waals surface area contributed by atoms with Crippen molar-refractivity contribution in [1.82, 2.24) is 0 Å². The Balaban J connectivity index is 0.000000771. The Hall–Kier alpha value is -1.96. The lowest BCUT2D eigenvalue weighted by Gasteiger charge is -2.07. The van der Waals surface area contributed by atoms with Crippen LogP contribution in [0.3, 0.4) is 0 Å². The smallest absolute Gasteiger partial charge is 0.120 e. The molecule has 0 unspecified atom stereocenters. The van der Waals surface area contributed by atoms with Crippen molar-refractivity contribution in [2.75, 3.05) is 12.8 Å². The molecule has 18 heavy (non-hydrogen) atoms. The molecule has 2 N–H and O–H groups in total. The van der Waals surface area contributed by atoms with Crippen molar-refractivity contribution >= 4 is 5.69 Å². The van der Waals surface area contributed by atoms with Gasteiger partial charge in [0.15, 0.2) is 0 Å². The standard InChI is InChI=1S/C14H15NO.C2H6/c1-16-13-8-7-12(14(15)10-13)9-11-5-3-2-4-6-11;1-2/h2-8,10H,9,15H2,1H3;1-2H3. The molecular weight excluding hydrogens is 222 g/mol. The number of hydrogen-bond donors (Lipinski definition) is 1. The van der Waals surface area contributed by atoms with E-state index in [4.69, 9.17) is 10.5 Å². The average Bonchev–Trinajstić information content (AvgIpc) is 2.44. The second-order valence-corrected chi connectivity index (χ2v) is 3.73. The highest BCUT2D eigenvalue weighted by molar-refractivity contribution is 5.52. The van der Waals surface area contributed by atoms with Crippen LogP contribution in [0.5, 0.6) is 5.75 Å². The lowest BCUT2D eigenvalue weighted by atomic mass is 10.0. The number of rotatable bonds is 3. The summed E-state index contributed by atoms with van der Waals surface area (Å²) < 4.78 is 5.12. The average molecular weight is 243 g/mol. The van der Waals surface area contributed by atoms with Crippen molar-refractivity contribution in [1.29, 1.82) is 0 Å². The van der Waals surface area contributed by atoms with E-state index in [1.54, 1.807) is 7.11 Å². The first kappa shape index (κ1) is 14.1. The van der Waals surface area contributed by atoms with Crippen LogP contribution in [0.1, 0.15) is 25.0 Å². The molecule has 2 aromatic carbocycles. The molecule has 0 amide bonds. The van der Waals surface area contributed by atoms with E-state index in [0.29, 0.717) is 0 Å². The van der Waals surface area contributed by atoms with E-state index >= 15 is 0 Å². The first-order chi connectivity index (χ1) is 8.79. The Kier molecular flexibility index (Phi) is 5.78. The van der Waals surface area contributed by atoms with Crippen molar-refractivity contribution in [2.45, 2.75) is 20.3 Å². The molecule has 0 aliphatic carbocycles. The molecule has 2 aromatic rings. The second kappa shape index (κ2) is 7.38. The first-order valence-electron chi connectivity index (χ1n) is 6.26. The molecule has 0 atom stereocenters. The van der Waals surface area contributed by atoms with Crippen LogP contribution in [0.15, 0.2) is 48.5 Å². The van der Waals surface area contributed by atoms with Gasteiger partial charge in [-0.3, -0.25) is 0 Å². The van der Waals surface area contributed by atoms with Crippen LogP contribution in [0.25, 0.3) is 0 Å². The van der Waals surface area contributed by atoms with Crippen molar-refractivity contribution in [2.24, 2.45) is 0 Å². The Morgan fingerprint density at radius 1 is 1.00 bits per heavy atom. The van der Waals surface area contributed by atoms with Crippen LogP contribution in [-0.2, 0) is 6.42 Å². The quantitative estimate of drug-likeness (QED) is 0.830. The molecular formula is C16H21NO. The van der Waals surface area contributed by atoms with Gasteiger partial charge in [0.2, 0.25) is 0 Å². The third-order valence-electron chi connectivity index (χ3n) is 2.59. The number of nitrogens with two attached hydrogens (primary N) is 1. The summed E-state index contributed by atoms with van der Waals surface area (Å²) in [5, 5.41) is 0. The van der Waals surface area contributed by atoms with E-state index in [1.807, 2.05) is 50.2 Å². The second-order valence-electron chi connectivity index (χ2n) is 3.73. The first-order valence-corrected chi connectivity index (χ1v) is 6.26. The molecule has 0 bridgehead atoms. The van der Waals surface area contributed by atoms with Gasteiger partial charge in [0.25, 0.3) is 0 Å². The van der Waals surface area contributed by atoms with Gasteiger partial charge in [-0.15, -0.1) is 0 Å². The minimum atomic E-state index is 0.781. The fourth-order valence-corrected chi connectivity index (χ4v) is 1.68. The maximum Gasteiger partial charge on any atom is 0.120 e. The molecule has 0 aliphatic rings. The Labute approximate surface area is 109 Å². The highest BCUT2D eigenvalue weighted by Crippen LogP contribution is 2.21. The van der Waals surface area contributed by atoms with Crippen molar-refractivity contribution in [3.63, 3.8) is 0 Å². The van der Waals surface area contributed by atoms with Gasteiger partial charge in [-0.2, -0.15) is 0 Å². The zero-order valence-corrected chi connectivity index (χ0v) is 11.3. The predicted molar refractivity (Wildman–Crippen MR) is 78.0 cm³/mol. The largest absolute Gasteiger partial charge is 0.497 e. The molecule has 0 saturated carbocycles. The van der Waals surface area contributed by atoms with E-state index in [1.165, 1.54) is 5.56 Å². The van der Waals surface area contributed by atoms with Gasteiger partial charge in [-0.1, -0.05) is 50.2 Å². The fraction of sp³-hybridized carbons (Fsp3) is 0.250. The van der Waals surface area contributed by atoms with E-state index in [0.717, 1.165) is 23.4 Å². The molecule has 0 aliphatic heterocycles. The summed E-state index contributed by atoms with van der Waals surface area (Å²) in [4.78, 5) is 0. The Morgan fingerprint density at radius 3 is 2.22 bits per heavy atom. The molecule has 0 radical (unpaired) electrons. The van der Waals surface area contributed by atoms with Gasteiger partial charge in [0, 0.05) is 11.8 Å². The van der Waals surface area contributed by atoms with Gasteiger partial charge >= 0.3 is 0 Å². The topological polar surface area (TPSA) is 35.2 Å². The number of methoxy groups -OCH3 is 1. The summed E-state index contributed by atoms with van der Waals surface area (Å²) in [6.45, 7) is 4.00. The summed E-state index contributed by atoms with van der Waals surface area (Å²) >= 11 is 0. The minimum absolute atomic E-state index is 0.781.